The molecular weight excluding hydrogens is 394 g/mol. The summed E-state index contributed by atoms with van der Waals surface area (Å²) in [7, 11) is -3.38. The van der Waals surface area contributed by atoms with Gasteiger partial charge in [-0.3, -0.25) is 9.78 Å². The van der Waals surface area contributed by atoms with Crippen LogP contribution in [0.4, 0.5) is 0 Å². The Morgan fingerprint density at radius 3 is 2.76 bits per heavy atom. The topological polar surface area (TPSA) is 97.8 Å². The Kier molecular flexibility index (Phi) is 6.08. The number of piperidine rings is 1. The number of ether oxygens (including phenoxy) is 2. The highest BCUT2D eigenvalue weighted by Gasteiger charge is 2.37. The molecule has 1 aromatic heterocycles. The molecule has 1 aromatic rings. The number of hydrogen-bond acceptors (Lipinski definition) is 6. The second-order valence-electron chi connectivity index (χ2n) is 8.30. The third-order valence-electron chi connectivity index (χ3n) is 6.24. The maximum atomic E-state index is 13.0. The van der Waals surface area contributed by atoms with Gasteiger partial charge in [0.05, 0.1) is 25.0 Å². The van der Waals surface area contributed by atoms with Gasteiger partial charge in [-0.2, -0.15) is 0 Å². The summed E-state index contributed by atoms with van der Waals surface area (Å²) in [4.78, 5) is 19.0. The number of pyridine rings is 1. The van der Waals surface area contributed by atoms with Crippen LogP contribution in [0.1, 0.15) is 50.0 Å². The molecule has 2 bridgehead atoms. The van der Waals surface area contributed by atoms with Gasteiger partial charge in [0.1, 0.15) is 5.75 Å². The Balaban J connectivity index is 1.61. The summed E-state index contributed by atoms with van der Waals surface area (Å²) in [5.41, 5.74) is 1.06. The second kappa shape index (κ2) is 8.57. The Hall–Kier alpha value is -1.71. The van der Waals surface area contributed by atoms with Crippen LogP contribution < -0.4 is 9.46 Å². The minimum absolute atomic E-state index is 0.0741. The van der Waals surface area contributed by atoms with Gasteiger partial charge in [0.15, 0.2) is 6.61 Å². The van der Waals surface area contributed by atoms with Crippen molar-refractivity contribution in [3.05, 3.63) is 24.0 Å². The SMILES string of the molecule is CS(=O)(=O)N[C@H]1CCCN2C(=O)COc3ccncc3C3CCC(CC3)OC[C@@H]12. The molecular formula is C20H29N3O5S. The average Bonchev–Trinajstić information content (AvgIpc) is 2.71. The number of fused-ring (bicyclic) bond motifs is 5. The van der Waals surface area contributed by atoms with Gasteiger partial charge in [-0.25, -0.2) is 13.1 Å². The zero-order valence-electron chi connectivity index (χ0n) is 16.7. The number of carbonyl (C=O) groups is 1. The standard InChI is InChI=1S/C20H29N3O5S/c1-29(25,26)22-17-3-2-10-23-18(17)12-27-15-6-4-14(5-7-15)16-11-21-9-8-19(16)28-13-20(23)24/h8-9,11,14-15,17-18,22H,2-7,10,12-13H2,1H3/t14?,15?,17-,18-/m0/s1. The molecule has 9 heteroatoms. The van der Waals surface area contributed by atoms with Gasteiger partial charge in [-0.15, -0.1) is 0 Å². The van der Waals surface area contributed by atoms with Gasteiger partial charge < -0.3 is 14.4 Å². The van der Waals surface area contributed by atoms with E-state index in [1.165, 1.54) is 0 Å². The second-order valence-corrected chi connectivity index (χ2v) is 10.1. The predicted molar refractivity (Wildman–Crippen MR) is 107 cm³/mol. The number of carbonyl (C=O) groups excluding carboxylic acids is 1. The fraction of sp³-hybridized carbons (Fsp3) is 0.700. The van der Waals surface area contributed by atoms with Crippen molar-refractivity contribution in [3.8, 4) is 5.75 Å². The Morgan fingerprint density at radius 1 is 1.21 bits per heavy atom. The van der Waals surface area contributed by atoms with Crippen LogP contribution in [0.15, 0.2) is 18.5 Å². The summed E-state index contributed by atoms with van der Waals surface area (Å²) >= 11 is 0. The Bertz CT molecular complexity index is 838. The van der Waals surface area contributed by atoms with Crippen molar-refractivity contribution in [2.24, 2.45) is 0 Å². The van der Waals surface area contributed by atoms with E-state index in [0.29, 0.717) is 25.5 Å². The van der Waals surface area contributed by atoms with E-state index < -0.39 is 10.0 Å². The van der Waals surface area contributed by atoms with Crippen LogP contribution in [-0.2, 0) is 19.6 Å². The molecule has 160 valence electrons. The van der Waals surface area contributed by atoms with Crippen LogP contribution in [-0.4, -0.2) is 68.4 Å². The highest BCUT2D eigenvalue weighted by atomic mass is 32.2. The summed E-state index contributed by atoms with van der Waals surface area (Å²) < 4.78 is 38.6. The van der Waals surface area contributed by atoms with E-state index in [-0.39, 0.29) is 30.7 Å². The van der Waals surface area contributed by atoms with Gasteiger partial charge >= 0.3 is 0 Å². The molecule has 1 saturated carbocycles. The molecule has 29 heavy (non-hydrogen) atoms. The lowest BCUT2D eigenvalue weighted by Crippen LogP contribution is -2.59. The van der Waals surface area contributed by atoms with Crippen molar-refractivity contribution >= 4 is 15.9 Å². The molecule has 1 aliphatic carbocycles. The smallest absolute Gasteiger partial charge is 0.260 e. The van der Waals surface area contributed by atoms with E-state index in [4.69, 9.17) is 9.47 Å². The lowest BCUT2D eigenvalue weighted by Gasteiger charge is -2.41. The number of sulfonamides is 1. The minimum atomic E-state index is -3.38. The lowest BCUT2D eigenvalue weighted by molar-refractivity contribution is -0.140. The monoisotopic (exact) mass is 423 g/mol. The Morgan fingerprint density at radius 2 is 2.00 bits per heavy atom. The molecule has 1 N–H and O–H groups in total. The number of hydrogen-bond donors (Lipinski definition) is 1. The van der Waals surface area contributed by atoms with Crippen LogP contribution in [0.2, 0.25) is 0 Å². The first kappa shape index (κ1) is 20.6. The molecule has 2 fully saturated rings. The maximum absolute atomic E-state index is 13.0. The van der Waals surface area contributed by atoms with Gasteiger partial charge in [-0.1, -0.05) is 0 Å². The number of nitrogens with zero attached hydrogens (tertiary/aromatic N) is 2. The molecule has 2 atom stereocenters. The number of nitrogens with one attached hydrogen (secondary N) is 1. The first-order valence-electron chi connectivity index (χ1n) is 10.4. The van der Waals surface area contributed by atoms with E-state index in [0.717, 1.165) is 49.7 Å². The van der Waals surface area contributed by atoms with Crippen molar-refractivity contribution in [1.82, 2.24) is 14.6 Å². The number of amides is 1. The molecule has 4 heterocycles. The molecule has 5 rings (SSSR count). The normalized spacial score (nSPS) is 30.9. The molecule has 0 unspecified atom stereocenters. The summed E-state index contributed by atoms with van der Waals surface area (Å²) in [6.07, 6.45) is 10.1. The van der Waals surface area contributed by atoms with E-state index in [9.17, 15) is 13.2 Å². The van der Waals surface area contributed by atoms with Gasteiger partial charge in [-0.05, 0) is 50.5 Å². The predicted octanol–water partition coefficient (Wildman–Crippen LogP) is 1.43. The van der Waals surface area contributed by atoms with Crippen molar-refractivity contribution in [2.75, 3.05) is 26.0 Å². The summed E-state index contributed by atoms with van der Waals surface area (Å²) in [5, 5.41) is 0. The molecule has 4 aliphatic rings. The Labute approximate surface area is 172 Å². The molecule has 8 nitrogen and oxygen atoms in total. The summed E-state index contributed by atoms with van der Waals surface area (Å²) in [5.74, 6) is 0.931. The molecule has 0 aromatic carbocycles. The molecule has 3 aliphatic heterocycles. The van der Waals surface area contributed by atoms with Crippen molar-refractivity contribution in [1.29, 1.82) is 0 Å². The van der Waals surface area contributed by atoms with Crippen LogP contribution in [0, 0.1) is 0 Å². The summed E-state index contributed by atoms with van der Waals surface area (Å²) in [6, 6.07) is 1.15. The van der Waals surface area contributed by atoms with Crippen LogP contribution in [0.3, 0.4) is 0 Å². The zero-order valence-corrected chi connectivity index (χ0v) is 17.6. The van der Waals surface area contributed by atoms with Crippen LogP contribution >= 0.6 is 0 Å². The summed E-state index contributed by atoms with van der Waals surface area (Å²) in [6.45, 7) is 0.840. The van der Waals surface area contributed by atoms with Gasteiger partial charge in [0, 0.05) is 30.5 Å². The maximum Gasteiger partial charge on any atom is 0.260 e. The lowest BCUT2D eigenvalue weighted by atomic mass is 9.83. The third-order valence-corrected chi connectivity index (χ3v) is 6.97. The highest BCUT2D eigenvalue weighted by molar-refractivity contribution is 7.88. The number of aromatic nitrogens is 1. The first-order chi connectivity index (χ1) is 13.9. The van der Waals surface area contributed by atoms with E-state index >= 15 is 0 Å². The minimum Gasteiger partial charge on any atom is -0.483 e. The van der Waals surface area contributed by atoms with Crippen LogP contribution in [0.5, 0.6) is 5.75 Å². The first-order valence-corrected chi connectivity index (χ1v) is 12.2. The molecule has 1 saturated heterocycles. The highest BCUT2D eigenvalue weighted by Crippen LogP contribution is 2.38. The van der Waals surface area contributed by atoms with Crippen LogP contribution in [0.25, 0.3) is 0 Å². The third kappa shape index (κ3) is 4.90. The molecule has 0 spiro atoms. The van der Waals surface area contributed by atoms with E-state index in [1.54, 1.807) is 11.1 Å². The molecule has 0 radical (unpaired) electrons. The zero-order chi connectivity index (χ0) is 20.4. The van der Waals surface area contributed by atoms with E-state index in [1.807, 2.05) is 12.3 Å². The van der Waals surface area contributed by atoms with Gasteiger partial charge in [0.2, 0.25) is 10.0 Å². The average molecular weight is 424 g/mol. The van der Waals surface area contributed by atoms with Crippen molar-refractivity contribution in [2.45, 2.75) is 62.6 Å². The fourth-order valence-corrected chi connectivity index (χ4v) is 5.64. The van der Waals surface area contributed by atoms with E-state index in [2.05, 4.69) is 9.71 Å². The van der Waals surface area contributed by atoms with Crippen molar-refractivity contribution in [3.63, 3.8) is 0 Å². The number of rotatable bonds is 2. The van der Waals surface area contributed by atoms with Gasteiger partial charge in [0.25, 0.3) is 5.91 Å². The quantitative estimate of drug-likeness (QED) is 0.773. The fourth-order valence-electron chi connectivity index (χ4n) is 4.81. The molecule has 1 amide bonds. The van der Waals surface area contributed by atoms with Crippen molar-refractivity contribution < 1.29 is 22.7 Å². The largest absolute Gasteiger partial charge is 0.483 e.